The Labute approximate surface area is 369 Å². The second kappa shape index (κ2) is 18.0. The number of carbonyl (C=O) groups is 4. The first-order chi connectivity index (χ1) is 29.7. The molecule has 7 unspecified atom stereocenters. The summed E-state index contributed by atoms with van der Waals surface area (Å²) in [5, 5.41) is 6.48. The lowest BCUT2D eigenvalue weighted by molar-refractivity contribution is -0.142. The fourth-order valence-electron chi connectivity index (χ4n) is 8.52. The molecule has 16 nitrogen and oxygen atoms in total. The highest BCUT2D eigenvalue weighted by molar-refractivity contribution is 7.91. The molecule has 4 amide bonds. The first kappa shape index (κ1) is 45.6. The van der Waals surface area contributed by atoms with Crippen molar-refractivity contribution in [2.45, 2.75) is 134 Å². The lowest BCUT2D eigenvalue weighted by Crippen LogP contribution is -2.59. The summed E-state index contributed by atoms with van der Waals surface area (Å²) < 4.78 is 51.9. The van der Waals surface area contributed by atoms with Crippen LogP contribution in [-0.2, 0) is 29.1 Å². The minimum absolute atomic E-state index is 0.0108. The molecule has 2 saturated carbocycles. The third-order valence-electron chi connectivity index (χ3n) is 11.9. The molecule has 7 atom stereocenters. The van der Waals surface area contributed by atoms with Crippen molar-refractivity contribution in [3.05, 3.63) is 54.7 Å². The van der Waals surface area contributed by atoms with Crippen LogP contribution >= 0.6 is 0 Å². The fourth-order valence-corrected chi connectivity index (χ4v) is 9.88. The van der Waals surface area contributed by atoms with Gasteiger partial charge < -0.3 is 34.5 Å². The molecule has 3 aromatic rings. The van der Waals surface area contributed by atoms with Crippen molar-refractivity contribution in [2.24, 2.45) is 17.8 Å². The molecular formula is C46H60N6O10S. The largest absolute Gasteiger partial charge is 0.497 e. The number of allylic oxidation sites excluding steroid dienone is 1. The molecule has 4 aliphatic rings. The zero-order chi connectivity index (χ0) is 45.4. The molecule has 3 N–H and O–H groups in total. The molecule has 2 aromatic heterocycles. The minimum Gasteiger partial charge on any atom is -0.497 e. The topological polar surface area (TPSA) is 204 Å². The number of pyridine rings is 2. The molecule has 17 heteroatoms. The maximum Gasteiger partial charge on any atom is 0.408 e. The normalized spacial score (nSPS) is 26.7. The first-order valence-corrected chi connectivity index (χ1v) is 23.4. The number of ether oxygens (including phenoxy) is 4. The SMILES string of the molecule is COc1ccc2c(OC3CC4C(=O)NC5(C(=O)NS(=O)(=O)C6CC6)CC5C=CCCC(C)CC(C)C(NC(=O)OC(C)(C)C)C(=O)N4C3)nc(-c3ccc(OC(C)C)cn3)cc2c1. The Kier molecular flexibility index (Phi) is 13.0. The van der Waals surface area contributed by atoms with Crippen LogP contribution in [0.4, 0.5) is 4.79 Å². The van der Waals surface area contributed by atoms with Gasteiger partial charge in [-0.2, -0.15) is 0 Å². The van der Waals surface area contributed by atoms with Crippen LogP contribution in [0.2, 0.25) is 0 Å². The van der Waals surface area contributed by atoms with Gasteiger partial charge in [-0.25, -0.2) is 18.2 Å². The van der Waals surface area contributed by atoms with Crippen molar-refractivity contribution >= 4 is 44.6 Å². The van der Waals surface area contributed by atoms with E-state index in [9.17, 15) is 22.8 Å². The maximum absolute atomic E-state index is 15.0. The molecule has 3 fully saturated rings. The summed E-state index contributed by atoms with van der Waals surface area (Å²) in [5.74, 6) is -1.26. The quantitative estimate of drug-likeness (QED) is 0.206. The molecule has 7 rings (SSSR count). The van der Waals surface area contributed by atoms with E-state index in [2.05, 4.69) is 27.3 Å². The van der Waals surface area contributed by atoms with Crippen molar-refractivity contribution in [1.82, 2.24) is 30.2 Å². The average molecular weight is 889 g/mol. The number of rotatable bonds is 10. The standard InChI is InChI=1S/C46H60N6O10S/c1-26(2)60-32-14-18-36(47-24-32)37-21-29-20-31(59-8)13-17-35(29)41(48-37)61-33-22-38-40(53)50-46(43(55)51-63(57,58)34-15-16-34)23-30(46)12-10-9-11-27(3)19-28(4)39(42(54)52(38)25-33)49-44(56)62-45(5,6)7/h10,12-14,17-18,20-21,24,26-28,30,33-34,38-39H,9,11,15-16,19,22-23,25H2,1-8H3,(H,49,56)(H,50,53)(H,51,55). The fraction of sp³-hybridized carbons (Fsp3) is 0.565. The van der Waals surface area contributed by atoms with Crippen molar-refractivity contribution in [2.75, 3.05) is 13.7 Å². The molecule has 0 radical (unpaired) electrons. The van der Waals surface area contributed by atoms with Gasteiger partial charge >= 0.3 is 6.09 Å². The number of sulfonamides is 1. The highest BCUT2D eigenvalue weighted by Crippen LogP contribution is 2.46. The number of hydrogen-bond acceptors (Lipinski definition) is 12. The van der Waals surface area contributed by atoms with E-state index in [0.717, 1.165) is 11.8 Å². The Balaban J connectivity index is 1.25. The van der Waals surface area contributed by atoms with Gasteiger partial charge in [0.05, 0.1) is 42.6 Å². The summed E-state index contributed by atoms with van der Waals surface area (Å²) in [6.07, 6.45) is 6.91. The van der Waals surface area contributed by atoms with Gasteiger partial charge in [-0.3, -0.25) is 24.1 Å². The van der Waals surface area contributed by atoms with Crippen molar-refractivity contribution < 1.29 is 46.5 Å². The zero-order valence-corrected chi connectivity index (χ0v) is 38.1. The highest BCUT2D eigenvalue weighted by Gasteiger charge is 2.62. The number of benzene rings is 1. The Hall–Kier alpha value is -5.45. The summed E-state index contributed by atoms with van der Waals surface area (Å²) in [6.45, 7) is 12.9. The van der Waals surface area contributed by atoms with Crippen molar-refractivity contribution in [3.63, 3.8) is 0 Å². The number of aromatic nitrogens is 2. The summed E-state index contributed by atoms with van der Waals surface area (Å²) in [4.78, 5) is 68.0. The number of nitrogens with one attached hydrogen (secondary N) is 3. The first-order valence-electron chi connectivity index (χ1n) is 21.9. The summed E-state index contributed by atoms with van der Waals surface area (Å²) >= 11 is 0. The zero-order valence-electron chi connectivity index (χ0n) is 37.3. The smallest absolute Gasteiger partial charge is 0.408 e. The molecule has 340 valence electrons. The Morgan fingerprint density at radius 2 is 1.75 bits per heavy atom. The number of alkyl carbamates (subject to hydrolysis) is 1. The van der Waals surface area contributed by atoms with E-state index in [4.69, 9.17) is 23.9 Å². The van der Waals surface area contributed by atoms with Crippen molar-refractivity contribution in [3.8, 4) is 28.8 Å². The number of carbonyl (C=O) groups excluding carboxylic acids is 4. The molecule has 2 aliphatic heterocycles. The van der Waals surface area contributed by atoms with Crippen LogP contribution in [0.25, 0.3) is 22.2 Å². The predicted octanol–water partition coefficient (Wildman–Crippen LogP) is 5.83. The molecule has 4 heterocycles. The van der Waals surface area contributed by atoms with Gasteiger partial charge in [0.15, 0.2) is 0 Å². The Morgan fingerprint density at radius 1 is 1.00 bits per heavy atom. The van der Waals surface area contributed by atoms with Gasteiger partial charge in [-0.05, 0) is 127 Å². The number of fused-ring (bicyclic) bond motifs is 3. The molecule has 0 bridgehead atoms. The molecule has 2 aliphatic carbocycles. The number of methoxy groups -OCH3 is 1. The summed E-state index contributed by atoms with van der Waals surface area (Å²) in [5.41, 5.74) is -1.35. The predicted molar refractivity (Wildman–Crippen MR) is 235 cm³/mol. The van der Waals surface area contributed by atoms with Crippen LogP contribution in [0.5, 0.6) is 17.4 Å². The molecule has 63 heavy (non-hydrogen) atoms. The van der Waals surface area contributed by atoms with Gasteiger partial charge in [0, 0.05) is 17.7 Å². The third-order valence-corrected chi connectivity index (χ3v) is 13.8. The molecule has 0 spiro atoms. The van der Waals surface area contributed by atoms with E-state index in [1.165, 1.54) is 4.90 Å². The van der Waals surface area contributed by atoms with Gasteiger partial charge in [0.1, 0.15) is 40.8 Å². The monoisotopic (exact) mass is 888 g/mol. The van der Waals surface area contributed by atoms with Crippen LogP contribution in [-0.4, -0.2) is 101 Å². The second-order valence-electron chi connectivity index (χ2n) is 18.8. The van der Waals surface area contributed by atoms with Crippen LogP contribution in [0.15, 0.2) is 54.7 Å². The highest BCUT2D eigenvalue weighted by atomic mass is 32.2. The summed E-state index contributed by atoms with van der Waals surface area (Å²) in [6, 6.07) is 8.67. The van der Waals surface area contributed by atoms with Crippen LogP contribution in [0.1, 0.15) is 93.4 Å². The van der Waals surface area contributed by atoms with Crippen LogP contribution in [0.3, 0.4) is 0 Å². The van der Waals surface area contributed by atoms with E-state index in [-0.39, 0.29) is 43.2 Å². The minimum atomic E-state index is -3.94. The Bertz CT molecular complexity index is 2360. The van der Waals surface area contributed by atoms with E-state index in [1.54, 1.807) is 46.2 Å². The van der Waals surface area contributed by atoms with E-state index >= 15 is 4.79 Å². The number of nitrogens with zero attached hydrogens (tertiary/aromatic N) is 3. The van der Waals surface area contributed by atoms with Gasteiger partial charge in [0.2, 0.25) is 27.7 Å². The van der Waals surface area contributed by atoms with Gasteiger partial charge in [-0.15, -0.1) is 0 Å². The second-order valence-corrected chi connectivity index (χ2v) is 20.8. The lowest BCUT2D eigenvalue weighted by atomic mass is 9.88. The lowest BCUT2D eigenvalue weighted by Gasteiger charge is -2.33. The average Bonchev–Trinajstić information content (AvgIpc) is 4.14. The van der Waals surface area contributed by atoms with Crippen molar-refractivity contribution in [1.29, 1.82) is 0 Å². The van der Waals surface area contributed by atoms with E-state index < -0.39 is 74.3 Å². The Morgan fingerprint density at radius 3 is 2.41 bits per heavy atom. The molecule has 1 saturated heterocycles. The van der Waals surface area contributed by atoms with E-state index in [1.807, 2.05) is 57.2 Å². The third kappa shape index (κ3) is 10.7. The summed E-state index contributed by atoms with van der Waals surface area (Å²) in [7, 11) is -2.36. The molecule has 1 aromatic carbocycles. The number of amides is 4. The number of hydrogen-bond donors (Lipinski definition) is 3. The van der Waals surface area contributed by atoms with Gasteiger partial charge in [-0.1, -0.05) is 26.0 Å². The molecular weight excluding hydrogens is 829 g/mol. The van der Waals surface area contributed by atoms with Crippen LogP contribution < -0.4 is 29.6 Å². The van der Waals surface area contributed by atoms with Crippen LogP contribution in [0, 0.1) is 17.8 Å². The van der Waals surface area contributed by atoms with E-state index in [0.29, 0.717) is 54.0 Å². The van der Waals surface area contributed by atoms with Gasteiger partial charge in [0.25, 0.3) is 5.91 Å². The maximum atomic E-state index is 15.0.